The second-order valence-corrected chi connectivity index (χ2v) is 13.0. The van der Waals surface area contributed by atoms with Crippen LogP contribution in [0.5, 0.6) is 0 Å². The molecule has 7 heterocycles. The predicted octanol–water partition coefficient (Wildman–Crippen LogP) is -2.38. The molecule has 0 radical (unpaired) electrons. The van der Waals surface area contributed by atoms with Crippen molar-refractivity contribution in [2.45, 2.75) is 49.0 Å². The fourth-order valence-electron chi connectivity index (χ4n) is 5.36. The first-order chi connectivity index (χ1) is 21.3. The summed E-state index contributed by atoms with van der Waals surface area (Å²) in [5.41, 5.74) is 17.4. The van der Waals surface area contributed by atoms with E-state index >= 15 is 0 Å². The van der Waals surface area contributed by atoms with Crippen LogP contribution in [0, 0.1) is 0 Å². The summed E-state index contributed by atoms with van der Waals surface area (Å²) in [5, 5.41) is 11.0. The average Bonchev–Trinajstić information content (AvgIpc) is 3.72. The van der Waals surface area contributed by atoms with E-state index in [0.29, 0.717) is 0 Å². The number of ether oxygens (including phenoxy) is 2. The molecule has 4 aromatic heterocycles. The SMILES string of the molecule is Nc1nc2c(ncn2[C@@H]2O[C@@H]3COP(=O)(O)O[C@H]4[C@@H](N)[C@H](n5cnc6c(N)ncnc65)O[C@@H]4COP(=O)(O)O[C@@H]2[C@@H]3O)c(=O)[nH]1. The maximum absolute atomic E-state index is 13.2. The van der Waals surface area contributed by atoms with Gasteiger partial charge in [-0.1, -0.05) is 0 Å². The van der Waals surface area contributed by atoms with Gasteiger partial charge in [0.1, 0.15) is 42.4 Å². The van der Waals surface area contributed by atoms with E-state index in [9.17, 15) is 28.8 Å². The molecule has 23 nitrogen and oxygen atoms in total. The summed E-state index contributed by atoms with van der Waals surface area (Å²) in [4.78, 5) is 56.0. The molecule has 0 spiro atoms. The number of phosphoric ester groups is 2. The van der Waals surface area contributed by atoms with Crippen molar-refractivity contribution in [1.29, 1.82) is 0 Å². The number of aliphatic hydroxyl groups excluding tert-OH is 1. The Balaban J connectivity index is 1.21. The molecule has 3 fully saturated rings. The van der Waals surface area contributed by atoms with Crippen molar-refractivity contribution in [1.82, 2.24) is 39.0 Å². The Morgan fingerprint density at radius 3 is 2.22 bits per heavy atom. The summed E-state index contributed by atoms with van der Waals surface area (Å²) >= 11 is 0. The monoisotopic (exact) mass is 673 g/mol. The third kappa shape index (κ3) is 5.31. The van der Waals surface area contributed by atoms with E-state index in [1.807, 2.05) is 0 Å². The molecule has 3 saturated heterocycles. The van der Waals surface area contributed by atoms with Crippen LogP contribution in [0.1, 0.15) is 12.5 Å². The molecule has 3 aliphatic heterocycles. The Hall–Kier alpha value is -3.44. The first kappa shape index (κ1) is 30.2. The van der Waals surface area contributed by atoms with Crippen LogP contribution in [-0.4, -0.2) is 104 Å². The number of nitrogens with two attached hydrogens (primary N) is 3. The Labute approximate surface area is 249 Å². The zero-order chi connectivity index (χ0) is 31.8. The highest BCUT2D eigenvalue weighted by molar-refractivity contribution is 7.47. The van der Waals surface area contributed by atoms with E-state index < -0.39 is 83.4 Å². The fraction of sp³-hybridized carbons (Fsp3) is 0.500. The van der Waals surface area contributed by atoms with Crippen LogP contribution in [0.25, 0.3) is 22.3 Å². The lowest BCUT2D eigenvalue weighted by Crippen LogP contribution is -2.41. The van der Waals surface area contributed by atoms with E-state index in [-0.39, 0.29) is 34.1 Å². The number of H-pyrrole nitrogens is 1. The summed E-state index contributed by atoms with van der Waals surface area (Å²) in [6, 6.07) is -1.21. The number of phosphoric acid groups is 2. The van der Waals surface area contributed by atoms with Crippen LogP contribution in [0.3, 0.4) is 0 Å². The highest BCUT2D eigenvalue weighted by Gasteiger charge is 2.53. The minimum absolute atomic E-state index is 0.0752. The number of aliphatic hydroxyl groups is 1. The van der Waals surface area contributed by atoms with Crippen LogP contribution < -0.4 is 22.8 Å². The zero-order valence-corrected chi connectivity index (χ0v) is 24.3. The molecule has 242 valence electrons. The second-order valence-electron chi connectivity index (χ2n) is 10.2. The molecule has 3 aliphatic rings. The Kier molecular flexibility index (Phi) is 7.27. The standard InChI is InChI=1S/C20H25N11O12P2/c21-8-12-7(41-18(8)30-4-26-9-14(22)24-3-25-15(9)30)2-39-45(36,37)43-13-11(32)6(1-38-44(34,35)42-12)40-19(13)31-5-27-10-16(31)28-20(23)29-17(10)33/h3-8,11-13,18-19,32H,1-2,21H2,(H,34,35)(H,36,37)(H2,22,24,25)(H3,23,28,29,33)/t6-,7-,8-,11-,12-,13-,18-,19-/m1/s1. The number of aromatic amines is 1. The van der Waals surface area contributed by atoms with Gasteiger partial charge in [0, 0.05) is 0 Å². The maximum Gasteiger partial charge on any atom is 0.472 e. The highest BCUT2D eigenvalue weighted by Crippen LogP contribution is 2.53. The first-order valence-electron chi connectivity index (χ1n) is 13.0. The summed E-state index contributed by atoms with van der Waals surface area (Å²) in [6.45, 7) is -1.53. The van der Waals surface area contributed by atoms with Crippen LogP contribution in [-0.2, 0) is 36.7 Å². The minimum Gasteiger partial charge on any atom is -0.387 e. The average molecular weight is 673 g/mol. The van der Waals surface area contributed by atoms with Crippen LogP contribution in [0.4, 0.5) is 11.8 Å². The number of anilines is 2. The van der Waals surface area contributed by atoms with Crippen molar-refractivity contribution in [2.75, 3.05) is 24.7 Å². The molecule has 0 amide bonds. The van der Waals surface area contributed by atoms with Gasteiger partial charge in [-0.05, 0) is 0 Å². The van der Waals surface area contributed by atoms with Gasteiger partial charge in [-0.25, -0.2) is 29.1 Å². The zero-order valence-electron chi connectivity index (χ0n) is 22.5. The molecule has 0 aliphatic carbocycles. The number of nitrogens with one attached hydrogen (secondary N) is 1. The number of nitrogen functional groups attached to an aromatic ring is 2. The summed E-state index contributed by atoms with van der Waals surface area (Å²) in [7, 11) is -10.1. The first-order valence-corrected chi connectivity index (χ1v) is 16.0. The summed E-state index contributed by atoms with van der Waals surface area (Å²) in [5.74, 6) is -0.199. The lowest BCUT2D eigenvalue weighted by molar-refractivity contribution is -0.0670. The Morgan fingerprint density at radius 2 is 1.49 bits per heavy atom. The molecular formula is C20H25N11O12P2. The van der Waals surface area contributed by atoms with E-state index in [2.05, 4.69) is 29.9 Å². The smallest absolute Gasteiger partial charge is 0.387 e. The van der Waals surface area contributed by atoms with E-state index in [0.717, 1.165) is 10.9 Å². The van der Waals surface area contributed by atoms with Crippen molar-refractivity contribution in [2.24, 2.45) is 5.73 Å². The van der Waals surface area contributed by atoms with Gasteiger partial charge in [-0.2, -0.15) is 4.98 Å². The third-order valence-corrected chi connectivity index (χ3v) is 9.37. The van der Waals surface area contributed by atoms with E-state index in [1.54, 1.807) is 0 Å². The van der Waals surface area contributed by atoms with Crippen LogP contribution in [0.15, 0.2) is 23.8 Å². The topological polar surface area (TPSA) is 335 Å². The largest absolute Gasteiger partial charge is 0.472 e. The lowest BCUT2D eigenvalue weighted by Gasteiger charge is -2.26. The van der Waals surface area contributed by atoms with E-state index in [4.69, 9.17) is 44.8 Å². The van der Waals surface area contributed by atoms with E-state index in [1.165, 1.54) is 17.2 Å². The third-order valence-electron chi connectivity index (χ3n) is 7.40. The van der Waals surface area contributed by atoms with Gasteiger partial charge in [-0.3, -0.25) is 37.0 Å². The van der Waals surface area contributed by atoms with Gasteiger partial charge in [0.2, 0.25) is 5.95 Å². The normalized spacial score (nSPS) is 37.7. The van der Waals surface area contributed by atoms with Crippen LogP contribution >= 0.6 is 15.6 Å². The summed E-state index contributed by atoms with van der Waals surface area (Å²) in [6.07, 6.45) is -6.70. The molecule has 45 heavy (non-hydrogen) atoms. The predicted molar refractivity (Wildman–Crippen MR) is 145 cm³/mol. The number of hydrogen-bond acceptors (Lipinski definition) is 18. The van der Waals surface area contributed by atoms with Gasteiger partial charge in [0.25, 0.3) is 5.56 Å². The highest BCUT2D eigenvalue weighted by atomic mass is 31.2. The molecule has 4 aromatic rings. The van der Waals surface area contributed by atoms with Gasteiger partial charge in [0.15, 0.2) is 35.1 Å². The molecule has 25 heteroatoms. The van der Waals surface area contributed by atoms with Crippen molar-refractivity contribution in [3.8, 4) is 0 Å². The Bertz CT molecular complexity index is 1940. The number of fused-ring (bicyclic) bond motifs is 5. The molecule has 0 saturated carbocycles. The fourth-order valence-corrected chi connectivity index (χ4v) is 7.28. The summed E-state index contributed by atoms with van der Waals surface area (Å²) < 4.78 is 61.7. The van der Waals surface area contributed by atoms with Crippen molar-refractivity contribution in [3.05, 3.63) is 29.3 Å². The number of imidazole rings is 2. The molecule has 7 rings (SSSR count). The maximum atomic E-state index is 13.2. The van der Waals surface area contributed by atoms with Crippen molar-refractivity contribution in [3.63, 3.8) is 0 Å². The van der Waals surface area contributed by atoms with Gasteiger partial charge < -0.3 is 41.6 Å². The second kappa shape index (κ2) is 10.8. The quantitative estimate of drug-likeness (QED) is 0.109. The lowest BCUT2D eigenvalue weighted by atomic mass is 10.1. The number of rotatable bonds is 2. The molecule has 10 N–H and O–H groups in total. The molecule has 0 aromatic carbocycles. The van der Waals surface area contributed by atoms with Crippen molar-refractivity contribution >= 4 is 49.7 Å². The van der Waals surface area contributed by atoms with Gasteiger partial charge in [-0.15, -0.1) is 0 Å². The van der Waals surface area contributed by atoms with Gasteiger partial charge >= 0.3 is 15.6 Å². The van der Waals surface area contributed by atoms with Crippen LogP contribution in [0.2, 0.25) is 0 Å². The number of hydrogen-bond donors (Lipinski definition) is 7. The molecular weight excluding hydrogens is 648 g/mol. The Morgan fingerprint density at radius 1 is 0.867 bits per heavy atom. The minimum atomic E-state index is -5.07. The number of nitrogens with zero attached hydrogens (tertiary/aromatic N) is 7. The molecule has 2 bridgehead atoms. The van der Waals surface area contributed by atoms with Gasteiger partial charge in [0.05, 0.1) is 31.9 Å². The van der Waals surface area contributed by atoms with Crippen molar-refractivity contribution < 1.29 is 51.6 Å². The number of aromatic nitrogens is 8. The molecule has 2 unspecified atom stereocenters. The molecule has 10 atom stereocenters.